The second-order valence-corrected chi connectivity index (χ2v) is 4.84. The summed E-state index contributed by atoms with van der Waals surface area (Å²) in [6, 6.07) is 6.67. The molecule has 0 aromatic heterocycles. The first-order valence-electron chi connectivity index (χ1n) is 5.70. The Hall–Kier alpha value is -1.57. The van der Waals surface area contributed by atoms with Crippen molar-refractivity contribution < 1.29 is 4.79 Å². The molecule has 18 heavy (non-hydrogen) atoms. The van der Waals surface area contributed by atoms with Crippen LogP contribution in [0.1, 0.15) is 32.3 Å². The van der Waals surface area contributed by atoms with E-state index in [1.807, 2.05) is 13.0 Å². The molecule has 0 heterocycles. The average molecular weight is 266 g/mol. The second-order valence-electron chi connectivity index (χ2n) is 4.43. The molecule has 0 aliphatic heterocycles. The quantitative estimate of drug-likeness (QED) is 0.878. The standard InChI is InChI=1S/C13H16ClN3O/c1-3-6-13(2,16)12(18)17-11-5-4-9(8-15)7-10(11)14/h4-5,7H,3,6,16H2,1-2H3,(H,17,18). The third-order valence-electron chi connectivity index (χ3n) is 2.63. The van der Waals surface area contributed by atoms with Crippen molar-refractivity contribution in [3.63, 3.8) is 0 Å². The smallest absolute Gasteiger partial charge is 0.244 e. The molecule has 0 saturated carbocycles. The first-order valence-corrected chi connectivity index (χ1v) is 6.08. The summed E-state index contributed by atoms with van der Waals surface area (Å²) in [5.74, 6) is -0.282. The molecule has 5 heteroatoms. The molecule has 1 unspecified atom stereocenters. The van der Waals surface area contributed by atoms with E-state index in [2.05, 4.69) is 5.32 Å². The van der Waals surface area contributed by atoms with E-state index in [-0.39, 0.29) is 5.91 Å². The Labute approximate surface area is 112 Å². The zero-order valence-corrected chi connectivity index (χ0v) is 11.2. The van der Waals surface area contributed by atoms with Gasteiger partial charge in [0.15, 0.2) is 0 Å². The van der Waals surface area contributed by atoms with Crippen molar-refractivity contribution in [1.29, 1.82) is 5.26 Å². The van der Waals surface area contributed by atoms with Gasteiger partial charge >= 0.3 is 0 Å². The highest BCUT2D eigenvalue weighted by molar-refractivity contribution is 6.33. The van der Waals surface area contributed by atoms with Gasteiger partial charge in [-0.15, -0.1) is 0 Å². The summed E-state index contributed by atoms with van der Waals surface area (Å²) in [4.78, 5) is 12.0. The van der Waals surface area contributed by atoms with Gasteiger partial charge in [0.25, 0.3) is 0 Å². The van der Waals surface area contributed by atoms with Crippen LogP contribution in [0.2, 0.25) is 5.02 Å². The van der Waals surface area contributed by atoms with Gasteiger partial charge in [0.2, 0.25) is 5.91 Å². The topological polar surface area (TPSA) is 78.9 Å². The number of halogens is 1. The van der Waals surface area contributed by atoms with E-state index >= 15 is 0 Å². The van der Waals surface area contributed by atoms with Crippen LogP contribution in [0.5, 0.6) is 0 Å². The van der Waals surface area contributed by atoms with Crippen LogP contribution in [0.25, 0.3) is 0 Å². The number of carbonyl (C=O) groups is 1. The summed E-state index contributed by atoms with van der Waals surface area (Å²) < 4.78 is 0. The minimum atomic E-state index is -0.925. The molecule has 1 amide bonds. The third-order valence-corrected chi connectivity index (χ3v) is 2.95. The summed E-state index contributed by atoms with van der Waals surface area (Å²) >= 11 is 5.97. The molecule has 0 fully saturated rings. The highest BCUT2D eigenvalue weighted by Crippen LogP contribution is 2.24. The van der Waals surface area contributed by atoms with E-state index in [4.69, 9.17) is 22.6 Å². The lowest BCUT2D eigenvalue weighted by Crippen LogP contribution is -2.48. The van der Waals surface area contributed by atoms with Crippen molar-refractivity contribution in [2.75, 3.05) is 5.32 Å². The fraction of sp³-hybridized carbons (Fsp3) is 0.385. The first-order chi connectivity index (χ1) is 8.40. The summed E-state index contributed by atoms with van der Waals surface area (Å²) in [6.07, 6.45) is 1.41. The van der Waals surface area contributed by atoms with Crippen molar-refractivity contribution in [2.24, 2.45) is 5.73 Å². The Morgan fingerprint density at radius 2 is 2.28 bits per heavy atom. The van der Waals surface area contributed by atoms with Gasteiger partial charge in [-0.3, -0.25) is 4.79 Å². The summed E-state index contributed by atoms with van der Waals surface area (Å²) in [5.41, 5.74) is 5.91. The Bertz CT molecular complexity index is 491. The Morgan fingerprint density at radius 1 is 1.61 bits per heavy atom. The molecule has 0 spiro atoms. The molecule has 3 N–H and O–H groups in total. The van der Waals surface area contributed by atoms with E-state index in [0.29, 0.717) is 22.7 Å². The van der Waals surface area contributed by atoms with Crippen molar-refractivity contribution in [3.05, 3.63) is 28.8 Å². The maximum Gasteiger partial charge on any atom is 0.244 e. The molecule has 0 bridgehead atoms. The molecule has 0 aliphatic carbocycles. The van der Waals surface area contributed by atoms with E-state index in [1.165, 1.54) is 6.07 Å². The van der Waals surface area contributed by atoms with Crippen LogP contribution in [0, 0.1) is 11.3 Å². The number of carbonyl (C=O) groups excluding carboxylic acids is 1. The number of hydrogen-bond acceptors (Lipinski definition) is 3. The van der Waals surface area contributed by atoms with Crippen molar-refractivity contribution in [1.82, 2.24) is 0 Å². The van der Waals surface area contributed by atoms with Crippen LogP contribution in [-0.4, -0.2) is 11.4 Å². The van der Waals surface area contributed by atoms with Gasteiger partial charge in [0.1, 0.15) is 0 Å². The van der Waals surface area contributed by atoms with Crippen LogP contribution in [0.15, 0.2) is 18.2 Å². The molecular weight excluding hydrogens is 250 g/mol. The van der Waals surface area contributed by atoms with Gasteiger partial charge in [-0.05, 0) is 31.5 Å². The fourth-order valence-corrected chi connectivity index (χ4v) is 1.81. The van der Waals surface area contributed by atoms with Crippen LogP contribution < -0.4 is 11.1 Å². The molecule has 1 aromatic carbocycles. The van der Waals surface area contributed by atoms with Crippen molar-refractivity contribution >= 4 is 23.2 Å². The fourth-order valence-electron chi connectivity index (χ4n) is 1.58. The number of nitriles is 1. The number of amides is 1. The Balaban J connectivity index is 2.86. The number of benzene rings is 1. The van der Waals surface area contributed by atoms with Gasteiger partial charge in [-0.25, -0.2) is 0 Å². The highest BCUT2D eigenvalue weighted by atomic mass is 35.5. The monoisotopic (exact) mass is 265 g/mol. The Morgan fingerprint density at radius 3 is 2.78 bits per heavy atom. The first kappa shape index (κ1) is 14.5. The average Bonchev–Trinajstić information content (AvgIpc) is 2.31. The van der Waals surface area contributed by atoms with Gasteiger partial charge < -0.3 is 11.1 Å². The van der Waals surface area contributed by atoms with Crippen LogP contribution >= 0.6 is 11.6 Å². The molecule has 96 valence electrons. The predicted octanol–water partition coefficient (Wildman–Crippen LogP) is 2.67. The highest BCUT2D eigenvalue weighted by Gasteiger charge is 2.27. The van der Waals surface area contributed by atoms with Crippen molar-refractivity contribution in [3.8, 4) is 6.07 Å². The summed E-state index contributed by atoms with van der Waals surface area (Å²) in [7, 11) is 0. The van der Waals surface area contributed by atoms with E-state index in [1.54, 1.807) is 19.1 Å². The Kier molecular flexibility index (Phi) is 4.71. The lowest BCUT2D eigenvalue weighted by atomic mass is 9.96. The number of nitrogens with one attached hydrogen (secondary N) is 1. The number of rotatable bonds is 4. The summed E-state index contributed by atoms with van der Waals surface area (Å²) in [5, 5.41) is 11.7. The van der Waals surface area contributed by atoms with Crippen LogP contribution in [0.4, 0.5) is 5.69 Å². The van der Waals surface area contributed by atoms with Gasteiger partial charge in [-0.2, -0.15) is 5.26 Å². The van der Waals surface area contributed by atoms with Gasteiger partial charge in [-0.1, -0.05) is 24.9 Å². The van der Waals surface area contributed by atoms with Crippen LogP contribution in [0.3, 0.4) is 0 Å². The minimum absolute atomic E-state index is 0.282. The number of nitrogens with two attached hydrogens (primary N) is 1. The zero-order chi connectivity index (χ0) is 13.8. The zero-order valence-electron chi connectivity index (χ0n) is 10.5. The normalized spacial score (nSPS) is 13.5. The minimum Gasteiger partial charge on any atom is -0.323 e. The number of hydrogen-bond donors (Lipinski definition) is 2. The van der Waals surface area contributed by atoms with Gasteiger partial charge in [0.05, 0.1) is 27.9 Å². The summed E-state index contributed by atoms with van der Waals surface area (Å²) in [6.45, 7) is 3.65. The molecule has 4 nitrogen and oxygen atoms in total. The van der Waals surface area contributed by atoms with Crippen molar-refractivity contribution in [2.45, 2.75) is 32.2 Å². The molecule has 1 atom stereocenters. The largest absolute Gasteiger partial charge is 0.323 e. The number of nitrogens with zero attached hydrogens (tertiary/aromatic N) is 1. The number of anilines is 1. The lowest BCUT2D eigenvalue weighted by molar-refractivity contribution is -0.120. The van der Waals surface area contributed by atoms with E-state index in [0.717, 1.165) is 6.42 Å². The maximum atomic E-state index is 12.0. The van der Waals surface area contributed by atoms with Crippen LogP contribution in [-0.2, 0) is 4.79 Å². The lowest BCUT2D eigenvalue weighted by Gasteiger charge is -2.23. The maximum absolute atomic E-state index is 12.0. The SMILES string of the molecule is CCCC(C)(N)C(=O)Nc1ccc(C#N)cc1Cl. The molecule has 1 rings (SSSR count). The molecule has 0 aliphatic rings. The van der Waals surface area contributed by atoms with Gasteiger partial charge in [0, 0.05) is 0 Å². The molecular formula is C13H16ClN3O. The molecule has 0 radical (unpaired) electrons. The van der Waals surface area contributed by atoms with E-state index < -0.39 is 5.54 Å². The second kappa shape index (κ2) is 5.85. The van der Waals surface area contributed by atoms with E-state index in [9.17, 15) is 4.79 Å². The predicted molar refractivity (Wildman–Crippen MR) is 72.3 cm³/mol. The molecule has 0 saturated heterocycles. The molecule has 1 aromatic rings. The third kappa shape index (κ3) is 3.46.